The average molecular weight is 1210 g/mol. The molecule has 18 nitrogen and oxygen atoms in total. The zero-order valence-electron chi connectivity index (χ0n) is 49.3. The number of carbonyl (C=O) groups excluding carboxylic acids is 4. The molecule has 0 unspecified atom stereocenters. The van der Waals surface area contributed by atoms with Gasteiger partial charge in [0.15, 0.2) is 19.7 Å². The Balaban J connectivity index is 1.10. The predicted molar refractivity (Wildman–Crippen MR) is 334 cm³/mol. The van der Waals surface area contributed by atoms with Gasteiger partial charge in [-0.05, 0) is 111 Å². The predicted octanol–water partition coefficient (Wildman–Crippen LogP) is 6.52. The van der Waals surface area contributed by atoms with Gasteiger partial charge < -0.3 is 41.4 Å². The van der Waals surface area contributed by atoms with E-state index in [9.17, 15) is 36.6 Å². The van der Waals surface area contributed by atoms with Crippen LogP contribution in [0, 0.1) is 11.8 Å². The van der Waals surface area contributed by atoms with E-state index in [4.69, 9.17) is 0 Å². The molecule has 0 fully saturated rings. The van der Waals surface area contributed by atoms with Crippen molar-refractivity contribution in [1.29, 1.82) is 0 Å². The molecular weight excluding hydrogens is 1130 g/mol. The standard InChI is InChI=1S/C66H78N8O10S2/c1-65(2,3)85(81,82)39-49(33-47-27-17-25-45-23-13-15-29-53(45)47)61(77)73-57(35-51-37-67-41-69-51)63(79)71-55(31-43-19-9-7-10-20-43)59(75)60(76)56(32-44-21-11-8-12-22-44)72-64(80)58(36-52-38-68-42-70-52)74-62(78)50(40-86(83,84)66(4,5)6)34-48-28-18-26-46-24-14-16-30-54(46)48/h7-30,37-38,41-42,49-50,55-60,75-76H,31-36,39-40H2,1-6H3,(H,67,69)(H,68,70)(H,71,79)(H,72,80)(H,73,77)(H,74,78)/t49-,50-,55+,56+,57+,58+,59-,60-/m1/s1. The van der Waals surface area contributed by atoms with Crippen LogP contribution in [0.25, 0.3) is 21.5 Å². The van der Waals surface area contributed by atoms with Gasteiger partial charge in [-0.3, -0.25) is 19.2 Å². The normalized spacial score (nSPS) is 15.1. The van der Waals surface area contributed by atoms with Gasteiger partial charge in [-0.25, -0.2) is 26.8 Å². The lowest BCUT2D eigenvalue weighted by Gasteiger charge is -2.35. The summed E-state index contributed by atoms with van der Waals surface area (Å²) in [4.78, 5) is 74.0. The second-order valence-corrected chi connectivity index (χ2v) is 29.7. The van der Waals surface area contributed by atoms with Crippen molar-refractivity contribution in [3.8, 4) is 0 Å². The fraction of sp³-hybridized carbons (Fsp3) is 0.364. The van der Waals surface area contributed by atoms with E-state index < -0.39 is 113 Å². The van der Waals surface area contributed by atoms with Crippen LogP contribution < -0.4 is 21.3 Å². The monoisotopic (exact) mass is 1210 g/mol. The lowest BCUT2D eigenvalue weighted by molar-refractivity contribution is -0.133. The molecule has 0 aliphatic heterocycles. The Morgan fingerprint density at radius 1 is 0.442 bits per heavy atom. The number of rotatable bonds is 27. The van der Waals surface area contributed by atoms with Crippen LogP contribution in [0.4, 0.5) is 0 Å². The van der Waals surface area contributed by atoms with Crippen LogP contribution in [0.15, 0.2) is 171 Å². The van der Waals surface area contributed by atoms with Crippen LogP contribution in [0.5, 0.6) is 0 Å². The van der Waals surface area contributed by atoms with Gasteiger partial charge in [-0.2, -0.15) is 0 Å². The molecule has 20 heteroatoms. The highest BCUT2D eigenvalue weighted by molar-refractivity contribution is 7.93. The maximum absolute atomic E-state index is 15.1. The van der Waals surface area contributed by atoms with Gasteiger partial charge in [-0.15, -0.1) is 0 Å². The van der Waals surface area contributed by atoms with Gasteiger partial charge in [-0.1, -0.05) is 146 Å². The quantitative estimate of drug-likeness (QED) is 0.0273. The maximum Gasteiger partial charge on any atom is 0.243 e. The first kappa shape index (κ1) is 64.0. The number of carbonyl (C=O) groups is 4. The summed E-state index contributed by atoms with van der Waals surface area (Å²) in [5.74, 6) is -6.35. The number of nitrogens with zero attached hydrogens (tertiary/aromatic N) is 2. The van der Waals surface area contributed by atoms with Crippen LogP contribution in [-0.2, 0) is 77.4 Å². The first-order valence-corrected chi connectivity index (χ1v) is 32.1. The molecule has 8 N–H and O–H groups in total. The topological polar surface area (TPSA) is 282 Å². The van der Waals surface area contributed by atoms with Gasteiger partial charge in [0.05, 0.1) is 57.6 Å². The summed E-state index contributed by atoms with van der Waals surface area (Å²) >= 11 is 0. The Kier molecular flexibility index (Phi) is 20.8. The summed E-state index contributed by atoms with van der Waals surface area (Å²) in [6, 6.07) is 38.8. The van der Waals surface area contributed by atoms with Crippen LogP contribution in [-0.4, -0.2) is 128 Å². The molecule has 2 heterocycles. The van der Waals surface area contributed by atoms with E-state index in [2.05, 4.69) is 41.2 Å². The number of imidazole rings is 2. The number of nitrogens with one attached hydrogen (secondary N) is 6. The van der Waals surface area contributed by atoms with Crippen molar-refractivity contribution in [2.24, 2.45) is 11.8 Å². The van der Waals surface area contributed by atoms with Gasteiger partial charge in [0.1, 0.15) is 24.3 Å². The van der Waals surface area contributed by atoms with Gasteiger partial charge in [0, 0.05) is 36.6 Å². The Hall–Kier alpha value is -8.04. The Labute approximate surface area is 503 Å². The first-order chi connectivity index (χ1) is 40.9. The minimum atomic E-state index is -3.91. The molecule has 0 saturated heterocycles. The number of aromatic amines is 2. The van der Waals surface area contributed by atoms with E-state index in [-0.39, 0.29) is 38.5 Å². The van der Waals surface area contributed by atoms with E-state index in [1.165, 1.54) is 25.0 Å². The van der Waals surface area contributed by atoms with Gasteiger partial charge in [0.25, 0.3) is 0 Å². The van der Waals surface area contributed by atoms with Crippen LogP contribution in [0.3, 0.4) is 0 Å². The van der Waals surface area contributed by atoms with E-state index in [0.29, 0.717) is 22.5 Å². The fourth-order valence-corrected chi connectivity index (χ4v) is 13.1. The first-order valence-electron chi connectivity index (χ1n) is 28.8. The van der Waals surface area contributed by atoms with Gasteiger partial charge >= 0.3 is 0 Å². The zero-order valence-corrected chi connectivity index (χ0v) is 50.9. The molecule has 0 saturated carbocycles. The van der Waals surface area contributed by atoms with E-state index in [1.54, 1.807) is 102 Å². The molecule has 0 bridgehead atoms. The number of aliphatic hydroxyl groups is 2. The van der Waals surface area contributed by atoms with Crippen molar-refractivity contribution in [2.45, 2.75) is 126 Å². The van der Waals surface area contributed by atoms with E-state index in [0.717, 1.165) is 32.7 Å². The fourth-order valence-electron chi connectivity index (χ4n) is 10.5. The maximum atomic E-state index is 15.1. The molecule has 0 spiro atoms. The van der Waals surface area contributed by atoms with E-state index >= 15 is 9.59 Å². The summed E-state index contributed by atoms with van der Waals surface area (Å²) < 4.78 is 53.4. The minimum absolute atomic E-state index is 0.0220. The third-order valence-electron chi connectivity index (χ3n) is 15.8. The van der Waals surface area contributed by atoms with Crippen LogP contribution in [0.2, 0.25) is 0 Å². The molecule has 8 aromatic rings. The van der Waals surface area contributed by atoms with Crippen LogP contribution in [0.1, 0.15) is 75.2 Å². The van der Waals surface area contributed by atoms with Crippen molar-refractivity contribution in [2.75, 3.05) is 11.5 Å². The summed E-state index contributed by atoms with van der Waals surface area (Å²) in [6.07, 6.45) is 1.81. The number of aliphatic hydroxyl groups excluding tert-OH is 2. The summed E-state index contributed by atoms with van der Waals surface area (Å²) in [5, 5.41) is 40.4. The molecule has 86 heavy (non-hydrogen) atoms. The molecule has 0 radical (unpaired) electrons. The molecule has 454 valence electrons. The SMILES string of the molecule is CC(C)(C)S(=O)(=O)C[C@@H](Cc1cccc2ccccc12)C(=O)N[C@@H](Cc1cnc[nH]1)C(=O)N[C@@H](Cc1ccccc1)[C@@H](O)[C@H](O)[C@H](Cc1ccccc1)NC(=O)[C@H](Cc1cnc[nH]1)NC(=O)[C@H](Cc1cccc2ccccc12)CS(=O)(=O)C(C)(C)C. The van der Waals surface area contributed by atoms with Crippen molar-refractivity contribution >= 4 is 64.8 Å². The lowest BCUT2D eigenvalue weighted by atomic mass is 9.90. The Morgan fingerprint density at radius 2 is 0.791 bits per heavy atom. The van der Waals surface area contributed by atoms with Gasteiger partial charge in [0.2, 0.25) is 23.6 Å². The smallest absolute Gasteiger partial charge is 0.243 e. The number of hydrogen-bond acceptors (Lipinski definition) is 12. The van der Waals surface area contributed by atoms with Crippen molar-refractivity contribution in [1.82, 2.24) is 41.2 Å². The number of H-pyrrole nitrogens is 2. The molecule has 0 aliphatic carbocycles. The molecule has 0 aliphatic rings. The molecular formula is C66H78N8O10S2. The highest BCUT2D eigenvalue weighted by atomic mass is 32.2. The van der Waals surface area contributed by atoms with E-state index in [1.807, 2.05) is 84.9 Å². The Morgan fingerprint density at radius 3 is 1.14 bits per heavy atom. The second-order valence-electron chi connectivity index (χ2n) is 24.1. The molecule has 8 rings (SSSR count). The molecule has 4 amide bonds. The largest absolute Gasteiger partial charge is 0.388 e. The third-order valence-corrected chi connectivity index (χ3v) is 21.2. The summed E-state index contributed by atoms with van der Waals surface area (Å²) in [5.41, 5.74) is 3.69. The number of fused-ring (bicyclic) bond motifs is 2. The minimum Gasteiger partial charge on any atom is -0.388 e. The summed E-state index contributed by atoms with van der Waals surface area (Å²) in [6.45, 7) is 9.41. The molecule has 6 aromatic carbocycles. The number of sulfone groups is 2. The second kappa shape index (κ2) is 28.0. The lowest BCUT2D eigenvalue weighted by Crippen LogP contribution is -2.61. The number of benzene rings is 6. The van der Waals surface area contributed by atoms with Crippen molar-refractivity contribution < 1.29 is 46.2 Å². The Bertz CT molecular complexity index is 3540. The zero-order chi connectivity index (χ0) is 61.8. The van der Waals surface area contributed by atoms with Crippen molar-refractivity contribution in [3.05, 3.63) is 204 Å². The summed E-state index contributed by atoms with van der Waals surface area (Å²) in [7, 11) is -7.82. The number of hydrogen-bond donors (Lipinski definition) is 8. The number of aromatic nitrogens is 4. The average Bonchev–Trinajstić information content (AvgIpc) is 3.40. The van der Waals surface area contributed by atoms with Crippen molar-refractivity contribution in [3.63, 3.8) is 0 Å². The number of amides is 4. The highest BCUT2D eigenvalue weighted by Crippen LogP contribution is 2.28. The third kappa shape index (κ3) is 16.7. The van der Waals surface area contributed by atoms with Crippen LogP contribution >= 0.6 is 0 Å². The molecule has 8 atom stereocenters. The molecule has 2 aromatic heterocycles. The highest BCUT2D eigenvalue weighted by Gasteiger charge is 2.41.